The van der Waals surface area contributed by atoms with Crippen LogP contribution in [0.2, 0.25) is 5.02 Å². The van der Waals surface area contributed by atoms with Gasteiger partial charge in [0.15, 0.2) is 5.16 Å². The molecule has 0 spiro atoms. The molecule has 132 valence electrons. The third kappa shape index (κ3) is 3.74. The molecule has 0 bridgehead atoms. The average molecular weight is 387 g/mol. The minimum absolute atomic E-state index is 0.187. The predicted molar refractivity (Wildman–Crippen MR) is 103 cm³/mol. The monoisotopic (exact) mass is 386 g/mol. The van der Waals surface area contributed by atoms with Crippen LogP contribution in [0.1, 0.15) is 20.7 Å². The number of amides is 2. The van der Waals surface area contributed by atoms with Gasteiger partial charge in [0.1, 0.15) is 0 Å². The van der Waals surface area contributed by atoms with Gasteiger partial charge in [-0.1, -0.05) is 29.4 Å². The van der Waals surface area contributed by atoms with E-state index in [0.29, 0.717) is 11.3 Å². The number of primary amides is 1. The lowest BCUT2D eigenvalue weighted by molar-refractivity contribution is 0.0998. The number of benzene rings is 2. The Balaban J connectivity index is 1.84. The summed E-state index contributed by atoms with van der Waals surface area (Å²) in [5.74, 6) is -0.911. The smallest absolute Gasteiger partial charge is 0.255 e. The van der Waals surface area contributed by atoms with E-state index in [4.69, 9.17) is 17.3 Å². The van der Waals surface area contributed by atoms with Crippen molar-refractivity contribution >= 4 is 40.9 Å². The number of hydrogen-bond donors (Lipinski definition) is 2. The zero-order valence-electron chi connectivity index (χ0n) is 13.8. The first-order chi connectivity index (χ1) is 12.5. The Morgan fingerprint density at radius 2 is 2.04 bits per heavy atom. The number of imidazole rings is 1. The minimum atomic E-state index is -0.620. The summed E-state index contributed by atoms with van der Waals surface area (Å²) in [5.41, 5.74) is 7.22. The first kappa shape index (κ1) is 18.0. The summed E-state index contributed by atoms with van der Waals surface area (Å²) < 4.78 is 1.90. The van der Waals surface area contributed by atoms with Crippen LogP contribution in [0.15, 0.2) is 60.0 Å². The molecule has 0 aliphatic rings. The molecule has 8 heteroatoms. The molecule has 3 N–H and O–H groups in total. The average Bonchev–Trinajstić information content (AvgIpc) is 3.10. The molecule has 1 heterocycles. The summed E-state index contributed by atoms with van der Waals surface area (Å²) >= 11 is 7.53. The molecule has 0 unspecified atom stereocenters. The molecule has 3 rings (SSSR count). The lowest BCUT2D eigenvalue weighted by atomic mass is 10.1. The summed E-state index contributed by atoms with van der Waals surface area (Å²) in [5, 5.41) is 3.78. The quantitative estimate of drug-likeness (QED) is 0.655. The normalized spacial score (nSPS) is 10.5. The van der Waals surface area contributed by atoms with Gasteiger partial charge < -0.3 is 11.1 Å². The van der Waals surface area contributed by atoms with Gasteiger partial charge in [0.25, 0.3) is 5.91 Å². The van der Waals surface area contributed by atoms with Gasteiger partial charge in [-0.05, 0) is 42.7 Å². The highest BCUT2D eigenvalue weighted by Crippen LogP contribution is 2.22. The van der Waals surface area contributed by atoms with Crippen molar-refractivity contribution in [3.05, 3.63) is 71.0 Å². The number of carbonyl (C=O) groups excluding carboxylic acids is 2. The van der Waals surface area contributed by atoms with Gasteiger partial charge in [-0.15, -0.1) is 0 Å². The molecule has 0 saturated carbocycles. The SMILES string of the molecule is CSc1nccn1-c1cccc(C(=O)Nc2ccc(C(N)=O)c(Cl)c2)c1. The van der Waals surface area contributed by atoms with Crippen molar-refractivity contribution in [2.45, 2.75) is 5.16 Å². The number of carbonyl (C=O) groups is 2. The van der Waals surface area contributed by atoms with Gasteiger partial charge in [-0.3, -0.25) is 14.2 Å². The van der Waals surface area contributed by atoms with E-state index in [2.05, 4.69) is 10.3 Å². The highest BCUT2D eigenvalue weighted by molar-refractivity contribution is 7.98. The molecule has 6 nitrogen and oxygen atoms in total. The zero-order chi connectivity index (χ0) is 18.7. The second-order valence-electron chi connectivity index (χ2n) is 5.35. The van der Waals surface area contributed by atoms with Crippen LogP contribution in [0.4, 0.5) is 5.69 Å². The predicted octanol–water partition coefficient (Wildman–Crippen LogP) is 3.60. The Hall–Kier alpha value is -2.77. The fraction of sp³-hybridized carbons (Fsp3) is 0.0556. The standard InChI is InChI=1S/C18H15ClN4O2S/c1-26-18-21-7-8-23(18)13-4-2-3-11(9-13)17(25)22-12-5-6-14(16(20)24)15(19)10-12/h2-10H,1H3,(H2,20,24)(H,22,25). The van der Waals surface area contributed by atoms with E-state index < -0.39 is 5.91 Å². The summed E-state index contributed by atoms with van der Waals surface area (Å²) in [4.78, 5) is 28.0. The van der Waals surface area contributed by atoms with Crippen LogP contribution in [0.3, 0.4) is 0 Å². The van der Waals surface area contributed by atoms with Gasteiger partial charge in [0.2, 0.25) is 5.91 Å². The van der Waals surface area contributed by atoms with E-state index in [-0.39, 0.29) is 16.5 Å². The minimum Gasteiger partial charge on any atom is -0.366 e. The van der Waals surface area contributed by atoms with Gasteiger partial charge in [0, 0.05) is 29.3 Å². The molecule has 3 aromatic rings. The Morgan fingerprint density at radius 1 is 1.23 bits per heavy atom. The van der Waals surface area contributed by atoms with E-state index in [1.54, 1.807) is 30.5 Å². The van der Waals surface area contributed by atoms with Gasteiger partial charge in [-0.25, -0.2) is 4.98 Å². The molecule has 0 saturated heterocycles. The summed E-state index contributed by atoms with van der Waals surface area (Å²) in [6.07, 6.45) is 5.49. The molecule has 0 aliphatic carbocycles. The Labute approximate surface area is 159 Å². The van der Waals surface area contributed by atoms with Crippen LogP contribution in [-0.2, 0) is 0 Å². The maximum atomic E-state index is 12.5. The molecule has 26 heavy (non-hydrogen) atoms. The molecule has 2 amide bonds. The lowest BCUT2D eigenvalue weighted by Gasteiger charge is -2.10. The third-order valence-corrected chi connectivity index (χ3v) is 4.65. The van der Waals surface area contributed by atoms with Gasteiger partial charge in [0.05, 0.1) is 10.6 Å². The zero-order valence-corrected chi connectivity index (χ0v) is 15.3. The van der Waals surface area contributed by atoms with E-state index in [1.807, 2.05) is 23.1 Å². The van der Waals surface area contributed by atoms with Crippen LogP contribution in [0.5, 0.6) is 0 Å². The second kappa shape index (κ2) is 7.63. The van der Waals surface area contributed by atoms with E-state index in [1.165, 1.54) is 23.9 Å². The van der Waals surface area contributed by atoms with Crippen molar-refractivity contribution in [1.82, 2.24) is 9.55 Å². The number of rotatable bonds is 5. The topological polar surface area (TPSA) is 90.0 Å². The largest absolute Gasteiger partial charge is 0.366 e. The van der Waals surface area contributed by atoms with Crippen molar-refractivity contribution < 1.29 is 9.59 Å². The number of thioether (sulfide) groups is 1. The maximum absolute atomic E-state index is 12.5. The van der Waals surface area contributed by atoms with Gasteiger partial charge >= 0.3 is 0 Å². The molecule has 0 atom stereocenters. The Bertz CT molecular complexity index is 987. The van der Waals surface area contributed by atoms with Crippen molar-refractivity contribution in [2.24, 2.45) is 5.73 Å². The molecule has 2 aromatic carbocycles. The van der Waals surface area contributed by atoms with E-state index in [0.717, 1.165) is 10.8 Å². The fourth-order valence-electron chi connectivity index (χ4n) is 2.43. The highest BCUT2D eigenvalue weighted by Gasteiger charge is 2.12. The summed E-state index contributed by atoms with van der Waals surface area (Å²) in [7, 11) is 0. The second-order valence-corrected chi connectivity index (χ2v) is 6.53. The Morgan fingerprint density at radius 3 is 2.73 bits per heavy atom. The third-order valence-electron chi connectivity index (χ3n) is 3.67. The first-order valence-corrected chi connectivity index (χ1v) is 9.18. The lowest BCUT2D eigenvalue weighted by Crippen LogP contribution is -2.14. The van der Waals surface area contributed by atoms with Crippen LogP contribution >= 0.6 is 23.4 Å². The number of nitrogens with two attached hydrogens (primary N) is 1. The Kier molecular flexibility index (Phi) is 5.29. The molecular formula is C18H15ClN4O2S. The van der Waals surface area contributed by atoms with Crippen LogP contribution < -0.4 is 11.1 Å². The van der Waals surface area contributed by atoms with E-state index >= 15 is 0 Å². The van der Waals surface area contributed by atoms with Crippen LogP contribution in [-0.4, -0.2) is 27.6 Å². The number of anilines is 1. The molecule has 0 aliphatic heterocycles. The van der Waals surface area contributed by atoms with E-state index in [9.17, 15) is 9.59 Å². The molecule has 1 aromatic heterocycles. The summed E-state index contributed by atoms with van der Waals surface area (Å²) in [6.45, 7) is 0. The number of nitrogens with one attached hydrogen (secondary N) is 1. The maximum Gasteiger partial charge on any atom is 0.255 e. The summed E-state index contributed by atoms with van der Waals surface area (Å²) in [6, 6.07) is 11.7. The first-order valence-electron chi connectivity index (χ1n) is 7.58. The van der Waals surface area contributed by atoms with Crippen LogP contribution in [0, 0.1) is 0 Å². The highest BCUT2D eigenvalue weighted by atomic mass is 35.5. The van der Waals surface area contributed by atoms with Crippen molar-refractivity contribution in [1.29, 1.82) is 0 Å². The number of halogens is 1. The molecule has 0 fully saturated rings. The van der Waals surface area contributed by atoms with Crippen molar-refractivity contribution in [3.8, 4) is 5.69 Å². The van der Waals surface area contributed by atoms with Crippen molar-refractivity contribution in [2.75, 3.05) is 11.6 Å². The molecule has 0 radical (unpaired) electrons. The number of aromatic nitrogens is 2. The fourth-order valence-corrected chi connectivity index (χ4v) is 3.23. The molecular weight excluding hydrogens is 372 g/mol. The van der Waals surface area contributed by atoms with Crippen LogP contribution in [0.25, 0.3) is 5.69 Å². The number of hydrogen-bond acceptors (Lipinski definition) is 4. The number of nitrogens with zero attached hydrogens (tertiary/aromatic N) is 2. The van der Waals surface area contributed by atoms with Gasteiger partial charge in [-0.2, -0.15) is 0 Å². The van der Waals surface area contributed by atoms with Crippen molar-refractivity contribution in [3.63, 3.8) is 0 Å².